The number of aryl methyl sites for hydroxylation is 1. The lowest BCUT2D eigenvalue weighted by Crippen LogP contribution is -2.29. The molecule has 1 unspecified atom stereocenters. The summed E-state index contributed by atoms with van der Waals surface area (Å²) in [6, 6.07) is 12.8. The van der Waals surface area contributed by atoms with E-state index in [4.69, 9.17) is 21.1 Å². The van der Waals surface area contributed by atoms with E-state index in [0.717, 1.165) is 26.6 Å². The van der Waals surface area contributed by atoms with Gasteiger partial charge in [-0.05, 0) is 51.5 Å². The first-order valence-electron chi connectivity index (χ1n) is 11.3. The molecule has 7 nitrogen and oxygen atoms in total. The molecule has 9 heteroatoms. The van der Waals surface area contributed by atoms with Gasteiger partial charge < -0.3 is 19.9 Å². The van der Waals surface area contributed by atoms with E-state index in [-0.39, 0.29) is 25.0 Å². The molecule has 35 heavy (non-hydrogen) atoms. The Labute approximate surface area is 214 Å². The van der Waals surface area contributed by atoms with Crippen molar-refractivity contribution in [2.45, 2.75) is 52.9 Å². The molecule has 0 saturated heterocycles. The van der Waals surface area contributed by atoms with Crippen molar-refractivity contribution < 1.29 is 24.2 Å². The van der Waals surface area contributed by atoms with E-state index < -0.39 is 12.1 Å². The van der Waals surface area contributed by atoms with Crippen LogP contribution < -0.4 is 10.1 Å². The number of nitrogens with one attached hydrogen (secondary N) is 1. The van der Waals surface area contributed by atoms with E-state index in [1.54, 1.807) is 32.0 Å². The number of aliphatic carboxylic acids is 1. The zero-order valence-electron chi connectivity index (χ0n) is 20.1. The molecular formula is C26H29ClN2O5S. The van der Waals surface area contributed by atoms with Gasteiger partial charge in [0.2, 0.25) is 0 Å². The molecule has 1 atom stereocenters. The largest absolute Gasteiger partial charge is 0.494 e. The van der Waals surface area contributed by atoms with Crippen LogP contribution >= 0.6 is 22.9 Å². The number of ether oxygens (including phenoxy) is 2. The van der Waals surface area contributed by atoms with Crippen molar-refractivity contribution in [1.82, 2.24) is 10.3 Å². The summed E-state index contributed by atoms with van der Waals surface area (Å²) in [5.74, 6) is -0.679. The Morgan fingerprint density at radius 2 is 1.89 bits per heavy atom. The molecule has 1 aromatic heterocycles. The van der Waals surface area contributed by atoms with Crippen LogP contribution in [0.2, 0.25) is 5.02 Å². The average molecular weight is 517 g/mol. The Morgan fingerprint density at radius 3 is 2.51 bits per heavy atom. The molecule has 0 fully saturated rings. The van der Waals surface area contributed by atoms with Gasteiger partial charge >= 0.3 is 5.97 Å². The number of carbonyl (C=O) groups is 2. The third-order valence-electron chi connectivity index (χ3n) is 5.10. The van der Waals surface area contributed by atoms with Gasteiger partial charge in [0.25, 0.3) is 5.91 Å². The number of nitrogens with zero attached hydrogens (tertiary/aromatic N) is 1. The summed E-state index contributed by atoms with van der Waals surface area (Å²) in [4.78, 5) is 29.9. The van der Waals surface area contributed by atoms with E-state index in [0.29, 0.717) is 23.1 Å². The summed E-state index contributed by atoms with van der Waals surface area (Å²) in [6.45, 7) is 8.01. The molecule has 0 aliphatic heterocycles. The summed E-state index contributed by atoms with van der Waals surface area (Å²) in [7, 11) is 0. The van der Waals surface area contributed by atoms with Crippen molar-refractivity contribution in [2.24, 2.45) is 0 Å². The molecule has 0 saturated carbocycles. The molecular weight excluding hydrogens is 488 g/mol. The van der Waals surface area contributed by atoms with Crippen LogP contribution in [0.1, 0.15) is 47.3 Å². The van der Waals surface area contributed by atoms with Crippen molar-refractivity contribution in [3.05, 3.63) is 69.2 Å². The van der Waals surface area contributed by atoms with Crippen molar-refractivity contribution in [3.63, 3.8) is 0 Å². The molecule has 2 N–H and O–H groups in total. The fraction of sp³-hybridized carbons (Fsp3) is 0.346. The molecule has 186 valence electrons. The molecule has 1 amide bonds. The Kier molecular flexibility index (Phi) is 9.26. The van der Waals surface area contributed by atoms with Crippen LogP contribution in [0.4, 0.5) is 0 Å². The lowest BCUT2D eigenvalue weighted by atomic mass is 10.0. The maximum absolute atomic E-state index is 13.0. The van der Waals surface area contributed by atoms with Gasteiger partial charge in [-0.3, -0.25) is 4.79 Å². The Bertz CT molecular complexity index is 1180. The normalized spacial score (nSPS) is 11.9. The molecule has 0 bridgehead atoms. The highest BCUT2D eigenvalue weighted by molar-refractivity contribution is 7.15. The van der Waals surface area contributed by atoms with Crippen molar-refractivity contribution in [2.75, 3.05) is 6.61 Å². The van der Waals surface area contributed by atoms with E-state index >= 15 is 0 Å². The van der Waals surface area contributed by atoms with Gasteiger partial charge in [-0.25, -0.2) is 9.78 Å². The molecule has 0 aliphatic rings. The SMILES string of the molecule is CCOc1ccc(CC(OC(C)C)C(=O)O)cc1CNC(=O)c1nc(-c2ccc(Cl)cc2)sc1C. The summed E-state index contributed by atoms with van der Waals surface area (Å²) < 4.78 is 11.3. The van der Waals surface area contributed by atoms with Crippen LogP contribution in [0.25, 0.3) is 10.6 Å². The predicted octanol–water partition coefficient (Wildman–Crippen LogP) is 5.52. The molecule has 3 rings (SSSR count). The minimum atomic E-state index is -1.02. The van der Waals surface area contributed by atoms with Crippen LogP contribution in [-0.4, -0.2) is 40.8 Å². The number of thiazole rings is 1. The molecule has 0 spiro atoms. The summed E-state index contributed by atoms with van der Waals surface area (Å²) in [5, 5.41) is 13.8. The minimum Gasteiger partial charge on any atom is -0.494 e. The average Bonchev–Trinajstić information content (AvgIpc) is 3.20. The van der Waals surface area contributed by atoms with Crippen LogP contribution in [-0.2, 0) is 22.5 Å². The number of rotatable bonds is 11. The monoisotopic (exact) mass is 516 g/mol. The zero-order valence-corrected chi connectivity index (χ0v) is 21.7. The van der Waals surface area contributed by atoms with Crippen LogP contribution in [0.3, 0.4) is 0 Å². The van der Waals surface area contributed by atoms with Crippen molar-refractivity contribution in [3.8, 4) is 16.3 Å². The van der Waals surface area contributed by atoms with Gasteiger partial charge in [0.15, 0.2) is 6.10 Å². The number of halogens is 1. The highest BCUT2D eigenvalue weighted by Crippen LogP contribution is 2.29. The lowest BCUT2D eigenvalue weighted by Gasteiger charge is -2.18. The fourth-order valence-electron chi connectivity index (χ4n) is 3.51. The standard InChI is InChI=1S/C26H29ClN2O5S/c1-5-33-21-11-6-17(13-22(26(31)32)34-15(2)3)12-19(21)14-28-24(30)23-16(4)35-25(29-23)18-7-9-20(27)10-8-18/h6-12,15,22H,5,13-14H2,1-4H3,(H,28,30)(H,31,32). The van der Waals surface area contributed by atoms with Gasteiger partial charge in [0.05, 0.1) is 12.7 Å². The van der Waals surface area contributed by atoms with E-state index in [9.17, 15) is 14.7 Å². The second-order valence-electron chi connectivity index (χ2n) is 8.20. The third-order valence-corrected chi connectivity index (χ3v) is 6.37. The molecule has 1 heterocycles. The maximum Gasteiger partial charge on any atom is 0.333 e. The predicted molar refractivity (Wildman–Crippen MR) is 137 cm³/mol. The number of carboxylic acids is 1. The first kappa shape index (κ1) is 26.7. The Balaban J connectivity index is 1.76. The topological polar surface area (TPSA) is 97.8 Å². The number of carbonyl (C=O) groups excluding carboxylic acids is 1. The summed E-state index contributed by atoms with van der Waals surface area (Å²) in [5.41, 5.74) is 2.78. The molecule has 2 aromatic carbocycles. The van der Waals surface area contributed by atoms with Gasteiger partial charge in [-0.15, -0.1) is 11.3 Å². The highest BCUT2D eigenvalue weighted by Gasteiger charge is 2.21. The molecule has 0 radical (unpaired) electrons. The second-order valence-corrected chi connectivity index (χ2v) is 9.84. The maximum atomic E-state index is 13.0. The zero-order chi connectivity index (χ0) is 25.5. The first-order valence-corrected chi connectivity index (χ1v) is 12.5. The van der Waals surface area contributed by atoms with E-state index in [1.807, 2.05) is 38.1 Å². The summed E-state index contributed by atoms with van der Waals surface area (Å²) in [6.07, 6.45) is -0.965. The van der Waals surface area contributed by atoms with Crippen LogP contribution in [0.15, 0.2) is 42.5 Å². The third kappa shape index (κ3) is 7.27. The van der Waals surface area contributed by atoms with E-state index in [1.165, 1.54) is 11.3 Å². The minimum absolute atomic E-state index is 0.205. The number of hydrogen-bond acceptors (Lipinski definition) is 6. The van der Waals surface area contributed by atoms with Gasteiger partial charge in [0, 0.05) is 34.0 Å². The lowest BCUT2D eigenvalue weighted by molar-refractivity contribution is -0.153. The van der Waals surface area contributed by atoms with Crippen LogP contribution in [0.5, 0.6) is 5.75 Å². The second kappa shape index (κ2) is 12.2. The Hall–Kier alpha value is -2.94. The quantitative estimate of drug-likeness (QED) is 0.348. The number of benzene rings is 2. The highest BCUT2D eigenvalue weighted by atomic mass is 35.5. The van der Waals surface area contributed by atoms with Gasteiger partial charge in [0.1, 0.15) is 16.5 Å². The van der Waals surface area contributed by atoms with Gasteiger partial charge in [-0.1, -0.05) is 35.9 Å². The fourth-order valence-corrected chi connectivity index (χ4v) is 4.55. The smallest absolute Gasteiger partial charge is 0.333 e. The first-order chi connectivity index (χ1) is 16.7. The van der Waals surface area contributed by atoms with Crippen molar-refractivity contribution in [1.29, 1.82) is 0 Å². The number of aromatic nitrogens is 1. The number of amides is 1. The molecule has 0 aliphatic carbocycles. The Morgan fingerprint density at radius 1 is 1.17 bits per heavy atom. The van der Waals surface area contributed by atoms with Gasteiger partial charge in [-0.2, -0.15) is 0 Å². The number of hydrogen-bond donors (Lipinski definition) is 2. The van der Waals surface area contributed by atoms with E-state index in [2.05, 4.69) is 10.3 Å². The summed E-state index contributed by atoms with van der Waals surface area (Å²) >= 11 is 7.41. The van der Waals surface area contributed by atoms with Crippen LogP contribution in [0, 0.1) is 6.92 Å². The van der Waals surface area contributed by atoms with Crippen molar-refractivity contribution >= 4 is 34.8 Å². The number of carboxylic acid groups (broad SMARTS) is 1. The molecule has 3 aromatic rings.